The molecule has 296 valence electrons. The van der Waals surface area contributed by atoms with E-state index in [0.29, 0.717) is 24.5 Å². The van der Waals surface area contributed by atoms with Crippen LogP contribution in [0.3, 0.4) is 0 Å². The van der Waals surface area contributed by atoms with Crippen LogP contribution < -0.4 is 21.1 Å². The topological polar surface area (TPSA) is 114 Å². The van der Waals surface area contributed by atoms with E-state index >= 15 is 0 Å². The Bertz CT molecular complexity index is 1740. The van der Waals surface area contributed by atoms with E-state index < -0.39 is 0 Å². The molecule has 0 bridgehead atoms. The predicted molar refractivity (Wildman–Crippen MR) is 227 cm³/mol. The molecule has 55 heavy (non-hydrogen) atoms. The molecule has 0 spiro atoms. The molecule has 3 aromatic carbocycles. The summed E-state index contributed by atoms with van der Waals surface area (Å²) in [5.41, 5.74) is 14.1. The summed E-state index contributed by atoms with van der Waals surface area (Å²) in [5, 5.41) is 17.3. The summed E-state index contributed by atoms with van der Waals surface area (Å²) in [6.45, 7) is 5.60. The summed E-state index contributed by atoms with van der Waals surface area (Å²) in [6.07, 6.45) is 19.4. The van der Waals surface area contributed by atoms with Crippen LogP contribution in [0.4, 0.5) is 0 Å². The molecule has 2 unspecified atom stereocenters. The summed E-state index contributed by atoms with van der Waals surface area (Å²) < 4.78 is 5.42. The van der Waals surface area contributed by atoms with Gasteiger partial charge in [-0.15, -0.1) is 0 Å². The highest BCUT2D eigenvalue weighted by Crippen LogP contribution is 2.33. The van der Waals surface area contributed by atoms with E-state index in [-0.39, 0.29) is 29.9 Å². The van der Waals surface area contributed by atoms with Crippen molar-refractivity contribution in [3.8, 4) is 11.5 Å². The van der Waals surface area contributed by atoms with Gasteiger partial charge in [0.1, 0.15) is 5.78 Å². The Labute approximate surface area is 330 Å². The normalized spacial score (nSPS) is 14.8. The number of dihydropyridines is 1. The van der Waals surface area contributed by atoms with Gasteiger partial charge in [0.25, 0.3) is 0 Å². The van der Waals surface area contributed by atoms with E-state index in [4.69, 9.17) is 10.5 Å². The number of benzene rings is 3. The van der Waals surface area contributed by atoms with Crippen molar-refractivity contribution in [3.63, 3.8) is 0 Å². The van der Waals surface area contributed by atoms with Crippen LogP contribution in [0.2, 0.25) is 0 Å². The van der Waals surface area contributed by atoms with E-state index in [1.54, 1.807) is 18.2 Å². The number of aryl methyl sites for hydroxylation is 3. The predicted octanol–water partition coefficient (Wildman–Crippen LogP) is 9.21. The molecule has 7 heteroatoms. The standard InChI is InChI=1S/C48H65N3O4/c1-35(2)13-11-19-39(33-50-3)16-9-6-10-20-44(52)32-45(53)26-25-40-30-47(55-4)46(54)29-42(40)28-43-34-51-48(49)31-41(43)24-23-38-18-12-17-37(27-38)22-21-36-14-7-5-8-15-36/h5,7-8,12,14-15,17-18,25-27,29-31,34-35,39,48,50-51,54H,6,9-11,13,16,19-24,28,32-33,49H2,1-4H3. The lowest BCUT2D eigenvalue weighted by molar-refractivity contribution is -0.124. The molecule has 1 aliphatic heterocycles. The van der Waals surface area contributed by atoms with Crippen LogP contribution in [0.15, 0.2) is 96.2 Å². The summed E-state index contributed by atoms with van der Waals surface area (Å²) in [7, 11) is 3.52. The SMILES string of the molecule is CNCC(CCCCCC(=O)CC(=O)C=Cc1cc(OC)c(O)cc1CC1=CNC(N)C=C1CCc1cccc(CCc2ccccc2)c1)CCCC(C)C. The molecule has 3 aromatic rings. The highest BCUT2D eigenvalue weighted by Gasteiger charge is 2.18. The molecule has 5 N–H and O–H groups in total. The van der Waals surface area contributed by atoms with Crippen LogP contribution in [0.25, 0.3) is 6.08 Å². The monoisotopic (exact) mass is 747 g/mol. The lowest BCUT2D eigenvalue weighted by atomic mass is 9.89. The van der Waals surface area contributed by atoms with Gasteiger partial charge in [-0.25, -0.2) is 0 Å². The molecule has 2 atom stereocenters. The first-order chi connectivity index (χ1) is 26.6. The highest BCUT2D eigenvalue weighted by atomic mass is 16.5. The molecule has 7 nitrogen and oxygen atoms in total. The molecular weight excluding hydrogens is 683 g/mol. The number of rotatable bonds is 25. The van der Waals surface area contributed by atoms with Gasteiger partial charge in [0, 0.05) is 12.6 Å². The van der Waals surface area contributed by atoms with E-state index in [9.17, 15) is 14.7 Å². The number of hydrogen-bond acceptors (Lipinski definition) is 7. The number of phenolic OH excluding ortho intramolecular Hbond substituents is 1. The number of hydrogen-bond donors (Lipinski definition) is 4. The lowest BCUT2D eigenvalue weighted by Gasteiger charge is -2.22. The lowest BCUT2D eigenvalue weighted by Crippen LogP contribution is -2.35. The van der Waals surface area contributed by atoms with Crippen molar-refractivity contribution in [1.29, 1.82) is 0 Å². The maximum absolute atomic E-state index is 13.0. The van der Waals surface area contributed by atoms with Crippen LogP contribution in [0.5, 0.6) is 11.5 Å². The first kappa shape index (κ1) is 43.3. The number of phenols is 1. The third-order valence-electron chi connectivity index (χ3n) is 10.6. The van der Waals surface area contributed by atoms with E-state index in [2.05, 4.69) is 85.2 Å². The number of carbonyl (C=O) groups excluding carboxylic acids is 2. The van der Waals surface area contributed by atoms with Gasteiger partial charge in [0.15, 0.2) is 17.3 Å². The molecule has 0 aromatic heterocycles. The van der Waals surface area contributed by atoms with Crippen molar-refractivity contribution in [2.24, 2.45) is 17.6 Å². The summed E-state index contributed by atoms with van der Waals surface area (Å²) >= 11 is 0. The molecule has 1 aliphatic rings. The fourth-order valence-corrected chi connectivity index (χ4v) is 7.44. The number of unbranched alkanes of at least 4 members (excludes halogenated alkanes) is 2. The minimum Gasteiger partial charge on any atom is -0.504 e. The van der Waals surface area contributed by atoms with Gasteiger partial charge in [0.05, 0.1) is 19.7 Å². The number of aromatic hydroxyl groups is 1. The minimum atomic E-state index is -0.287. The number of methoxy groups -OCH3 is 1. The molecular formula is C48H65N3O4. The fraction of sp³-hybridized carbons (Fsp3) is 0.458. The number of allylic oxidation sites excluding steroid dienone is 3. The van der Waals surface area contributed by atoms with Crippen LogP contribution in [0.1, 0.15) is 106 Å². The minimum absolute atomic E-state index is 0.0202. The quantitative estimate of drug-likeness (QED) is 0.0388. The Morgan fingerprint density at radius 1 is 0.873 bits per heavy atom. The highest BCUT2D eigenvalue weighted by molar-refractivity contribution is 6.06. The number of carbonyl (C=O) groups is 2. The second-order valence-corrected chi connectivity index (χ2v) is 15.6. The second kappa shape index (κ2) is 23.5. The zero-order chi connectivity index (χ0) is 39.4. The Kier molecular flexibility index (Phi) is 18.5. The number of nitrogens with one attached hydrogen (secondary N) is 2. The van der Waals surface area contributed by atoms with Gasteiger partial charge in [0.2, 0.25) is 0 Å². The number of nitrogens with two attached hydrogens (primary N) is 1. The fourth-order valence-electron chi connectivity index (χ4n) is 7.44. The Morgan fingerprint density at radius 2 is 1.58 bits per heavy atom. The zero-order valence-corrected chi connectivity index (χ0v) is 33.7. The molecule has 0 fully saturated rings. The number of ketones is 2. The van der Waals surface area contributed by atoms with Gasteiger partial charge < -0.3 is 26.2 Å². The van der Waals surface area contributed by atoms with Gasteiger partial charge in [-0.1, -0.05) is 100 Å². The van der Waals surface area contributed by atoms with Crippen LogP contribution in [0, 0.1) is 11.8 Å². The van der Waals surface area contributed by atoms with Crippen molar-refractivity contribution in [1.82, 2.24) is 10.6 Å². The van der Waals surface area contributed by atoms with E-state index in [0.717, 1.165) is 79.7 Å². The van der Waals surface area contributed by atoms with Gasteiger partial charge in [-0.05, 0) is 140 Å². The average molecular weight is 748 g/mol. The maximum Gasteiger partial charge on any atom is 0.163 e. The smallest absolute Gasteiger partial charge is 0.163 e. The van der Waals surface area contributed by atoms with Gasteiger partial charge in [-0.3, -0.25) is 9.59 Å². The van der Waals surface area contributed by atoms with Crippen molar-refractivity contribution in [3.05, 3.63) is 124 Å². The van der Waals surface area contributed by atoms with Crippen LogP contribution >= 0.6 is 0 Å². The summed E-state index contributed by atoms with van der Waals surface area (Å²) in [5.74, 6) is 1.53. The zero-order valence-electron chi connectivity index (χ0n) is 33.7. The van der Waals surface area contributed by atoms with Crippen molar-refractivity contribution in [2.45, 2.75) is 110 Å². The molecule has 0 saturated heterocycles. The Balaban J connectivity index is 1.32. The third-order valence-corrected chi connectivity index (χ3v) is 10.6. The molecule has 0 aliphatic carbocycles. The van der Waals surface area contributed by atoms with Crippen LogP contribution in [-0.4, -0.2) is 43.5 Å². The first-order valence-electron chi connectivity index (χ1n) is 20.4. The molecule has 4 rings (SSSR count). The molecule has 1 heterocycles. The maximum atomic E-state index is 13.0. The summed E-state index contributed by atoms with van der Waals surface area (Å²) in [4.78, 5) is 25.7. The van der Waals surface area contributed by atoms with Gasteiger partial charge >= 0.3 is 0 Å². The third kappa shape index (κ3) is 15.7. The first-order valence-corrected chi connectivity index (χ1v) is 20.4. The largest absolute Gasteiger partial charge is 0.504 e. The Morgan fingerprint density at radius 3 is 2.31 bits per heavy atom. The van der Waals surface area contributed by atoms with E-state index in [1.807, 2.05) is 13.2 Å². The summed E-state index contributed by atoms with van der Waals surface area (Å²) in [6, 6.07) is 22.8. The van der Waals surface area contributed by atoms with Gasteiger partial charge in [-0.2, -0.15) is 0 Å². The van der Waals surface area contributed by atoms with Crippen molar-refractivity contribution < 1.29 is 19.4 Å². The van der Waals surface area contributed by atoms with Crippen molar-refractivity contribution >= 4 is 17.6 Å². The average Bonchev–Trinajstić information content (AvgIpc) is 3.17. The number of ether oxygens (including phenoxy) is 1. The molecule has 0 saturated carbocycles. The van der Waals surface area contributed by atoms with Crippen molar-refractivity contribution in [2.75, 3.05) is 20.7 Å². The number of Topliss-reactive ketones (excluding diaryl/α,β-unsaturated/α-hetero) is 1. The molecule has 0 radical (unpaired) electrons. The molecule has 0 amide bonds. The van der Waals surface area contributed by atoms with Crippen LogP contribution in [-0.2, 0) is 35.3 Å². The van der Waals surface area contributed by atoms with E-state index in [1.165, 1.54) is 55.6 Å². The Hall–Kier alpha value is -4.46. The second-order valence-electron chi connectivity index (χ2n) is 15.6.